The molecule has 0 atom stereocenters. The summed E-state index contributed by atoms with van der Waals surface area (Å²) in [6, 6.07) is 11.6. The summed E-state index contributed by atoms with van der Waals surface area (Å²) < 4.78 is 37.0. The van der Waals surface area contributed by atoms with Gasteiger partial charge in [-0.1, -0.05) is 11.6 Å². The number of hydrogen-bond acceptors (Lipinski definition) is 7. The number of fused-ring (bicyclic) bond motifs is 3. The molecule has 0 amide bonds. The van der Waals surface area contributed by atoms with E-state index in [1.807, 2.05) is 37.3 Å². The third-order valence-electron chi connectivity index (χ3n) is 8.76. The molecular weight excluding hydrogens is 524 g/mol. The molecule has 5 heterocycles. The lowest BCUT2D eigenvalue weighted by molar-refractivity contribution is -0.179. The van der Waals surface area contributed by atoms with Gasteiger partial charge in [0.1, 0.15) is 17.7 Å². The number of benzene rings is 1. The van der Waals surface area contributed by atoms with Gasteiger partial charge in [0.05, 0.1) is 49.2 Å². The molecule has 1 aromatic carbocycles. The van der Waals surface area contributed by atoms with Crippen molar-refractivity contribution in [3.8, 4) is 11.8 Å². The Kier molecular flexibility index (Phi) is 5.71. The fourth-order valence-corrected chi connectivity index (χ4v) is 6.76. The monoisotopic (exact) mass is 551 g/mol. The second kappa shape index (κ2) is 8.95. The van der Waals surface area contributed by atoms with Crippen molar-refractivity contribution in [1.82, 2.24) is 24.6 Å². The molecule has 0 bridgehead atoms. The van der Waals surface area contributed by atoms with Crippen LogP contribution in [0.15, 0.2) is 30.3 Å². The largest absolute Gasteiger partial charge is 0.380 e. The van der Waals surface area contributed by atoms with Crippen LogP contribution in [0.2, 0.25) is 5.02 Å². The lowest BCUT2D eigenvalue weighted by Crippen LogP contribution is -2.62. The summed E-state index contributed by atoms with van der Waals surface area (Å²) in [4.78, 5) is 8.63. The molecule has 7 rings (SSSR count). The smallest absolute Gasteiger partial charge is 0.267 e. The number of aromatic nitrogens is 4. The number of rotatable bonds is 5. The highest BCUT2D eigenvalue weighted by Crippen LogP contribution is 2.56. The molecule has 11 heteroatoms. The van der Waals surface area contributed by atoms with Crippen molar-refractivity contribution in [2.45, 2.75) is 44.7 Å². The van der Waals surface area contributed by atoms with Gasteiger partial charge in [0.15, 0.2) is 5.82 Å². The van der Waals surface area contributed by atoms with Crippen LogP contribution in [0.5, 0.6) is 0 Å². The highest BCUT2D eigenvalue weighted by molar-refractivity contribution is 6.30. The Morgan fingerprint density at radius 3 is 2.64 bits per heavy atom. The highest BCUT2D eigenvalue weighted by atomic mass is 35.5. The molecule has 3 aromatic rings. The molecule has 8 nitrogen and oxygen atoms in total. The van der Waals surface area contributed by atoms with Crippen molar-refractivity contribution < 1.29 is 13.5 Å². The number of pyridine rings is 1. The average molecular weight is 552 g/mol. The number of nitrogens with zero attached hydrogens (tertiary/aromatic N) is 7. The number of nitriles is 1. The molecule has 4 aliphatic rings. The van der Waals surface area contributed by atoms with E-state index in [0.29, 0.717) is 23.0 Å². The van der Waals surface area contributed by atoms with E-state index in [4.69, 9.17) is 16.3 Å². The predicted octanol–water partition coefficient (Wildman–Crippen LogP) is 4.48. The molecule has 0 radical (unpaired) electrons. The minimum absolute atomic E-state index is 0.102. The molecule has 2 aromatic heterocycles. The van der Waals surface area contributed by atoms with E-state index in [1.165, 1.54) is 0 Å². The molecular formula is C28H28ClF2N7O. The summed E-state index contributed by atoms with van der Waals surface area (Å²) in [6.07, 6.45) is 1.98. The zero-order chi connectivity index (χ0) is 26.9. The number of halogens is 3. The van der Waals surface area contributed by atoms with E-state index in [0.717, 1.165) is 54.5 Å². The van der Waals surface area contributed by atoms with Crippen LogP contribution in [0.3, 0.4) is 0 Å². The molecule has 0 unspecified atom stereocenters. The average Bonchev–Trinajstić information content (AvgIpc) is 3.11. The molecule has 3 aliphatic heterocycles. The normalized spacial score (nSPS) is 20.8. The van der Waals surface area contributed by atoms with Gasteiger partial charge in [-0.15, -0.1) is 10.2 Å². The maximum atomic E-state index is 14.9. The molecule has 2 saturated heterocycles. The van der Waals surface area contributed by atoms with Gasteiger partial charge in [-0.2, -0.15) is 5.26 Å². The third-order valence-corrected chi connectivity index (χ3v) is 8.99. The van der Waals surface area contributed by atoms with Crippen LogP contribution in [0.1, 0.15) is 47.2 Å². The summed E-state index contributed by atoms with van der Waals surface area (Å²) in [5.74, 6) is -0.857. The van der Waals surface area contributed by atoms with Gasteiger partial charge in [-0.05, 0) is 55.7 Å². The third kappa shape index (κ3) is 4.19. The van der Waals surface area contributed by atoms with Gasteiger partial charge in [-0.3, -0.25) is 9.47 Å². The number of anilines is 1. The van der Waals surface area contributed by atoms with E-state index in [-0.39, 0.29) is 37.6 Å². The maximum Gasteiger partial charge on any atom is 0.267 e. The van der Waals surface area contributed by atoms with Gasteiger partial charge < -0.3 is 9.64 Å². The first-order valence-corrected chi connectivity index (χ1v) is 13.6. The lowest BCUT2D eigenvalue weighted by atomic mass is 9.57. The van der Waals surface area contributed by atoms with Crippen LogP contribution >= 0.6 is 11.6 Å². The number of hydrogen-bond donors (Lipinski definition) is 0. The van der Waals surface area contributed by atoms with E-state index in [2.05, 4.69) is 30.7 Å². The summed E-state index contributed by atoms with van der Waals surface area (Å²) in [5.41, 5.74) is 3.38. The Bertz CT molecular complexity index is 1480. The molecule has 0 N–H and O–H groups in total. The molecule has 1 saturated carbocycles. The van der Waals surface area contributed by atoms with E-state index in [9.17, 15) is 14.0 Å². The minimum atomic E-state index is -2.84. The van der Waals surface area contributed by atoms with Crippen LogP contribution in [-0.4, -0.2) is 63.4 Å². The Hall–Kier alpha value is -3.13. The van der Waals surface area contributed by atoms with Crippen molar-refractivity contribution in [2.75, 3.05) is 37.7 Å². The van der Waals surface area contributed by atoms with Gasteiger partial charge in [-0.25, -0.2) is 13.8 Å². The topological polar surface area (TPSA) is 83.1 Å². The summed E-state index contributed by atoms with van der Waals surface area (Å²) in [7, 11) is 0. The standard InChI is InChI=1S/C28H28ClF2N7O/c1-17-18(9-32)2-5-24(33-17)37-14-27(15-37)7-20(8-27)26-35-34-25-11-36(16-28(30,31)21-12-39-13-21)10-19-6-22(29)3-4-23(19)38(25)26/h2-6,20-21H,7-8,10-16H2,1H3. The van der Waals surface area contributed by atoms with Gasteiger partial charge in [0.2, 0.25) is 0 Å². The highest BCUT2D eigenvalue weighted by Gasteiger charge is 2.54. The summed E-state index contributed by atoms with van der Waals surface area (Å²) >= 11 is 6.34. The predicted molar refractivity (Wildman–Crippen MR) is 140 cm³/mol. The van der Waals surface area contributed by atoms with Crippen molar-refractivity contribution in [2.24, 2.45) is 11.3 Å². The van der Waals surface area contributed by atoms with Crippen molar-refractivity contribution in [1.29, 1.82) is 5.26 Å². The van der Waals surface area contributed by atoms with E-state index >= 15 is 0 Å². The number of aryl methyl sites for hydroxylation is 1. The molecule has 3 fully saturated rings. The van der Waals surface area contributed by atoms with Gasteiger partial charge in [0, 0.05) is 36.0 Å². The fourth-order valence-electron chi connectivity index (χ4n) is 6.57. The van der Waals surface area contributed by atoms with Crippen LogP contribution in [0.4, 0.5) is 14.6 Å². The van der Waals surface area contributed by atoms with Crippen LogP contribution in [-0.2, 0) is 17.8 Å². The Morgan fingerprint density at radius 2 is 1.95 bits per heavy atom. The molecule has 1 spiro atoms. The van der Waals surface area contributed by atoms with Gasteiger partial charge in [0.25, 0.3) is 5.92 Å². The summed E-state index contributed by atoms with van der Waals surface area (Å²) in [6.45, 7) is 4.20. The van der Waals surface area contributed by atoms with Crippen molar-refractivity contribution in [3.05, 3.63) is 63.8 Å². The first-order chi connectivity index (χ1) is 18.7. The minimum Gasteiger partial charge on any atom is -0.380 e. The maximum absolute atomic E-state index is 14.9. The summed E-state index contributed by atoms with van der Waals surface area (Å²) in [5, 5.41) is 18.9. The lowest BCUT2D eigenvalue weighted by Gasteiger charge is -2.59. The number of ether oxygens (including phenoxy) is 1. The second-order valence-electron chi connectivity index (χ2n) is 11.6. The second-order valence-corrected chi connectivity index (χ2v) is 12.0. The SMILES string of the molecule is Cc1nc(N2CC3(CC(c4nnc5n4-c4ccc(Cl)cc4CN(CC(F)(F)C4COC4)C5)C3)C2)ccc1C#N. The Balaban J connectivity index is 1.10. The quantitative estimate of drug-likeness (QED) is 0.462. The van der Waals surface area contributed by atoms with Crippen LogP contribution in [0, 0.1) is 29.6 Å². The van der Waals surface area contributed by atoms with Crippen molar-refractivity contribution >= 4 is 17.4 Å². The first-order valence-electron chi connectivity index (χ1n) is 13.3. The molecule has 1 aliphatic carbocycles. The fraction of sp³-hybridized carbons (Fsp3) is 0.500. The van der Waals surface area contributed by atoms with Gasteiger partial charge >= 0.3 is 0 Å². The Labute approximate surface area is 230 Å². The molecule has 202 valence electrons. The van der Waals surface area contributed by atoms with E-state index in [1.54, 1.807) is 4.90 Å². The number of alkyl halides is 2. The van der Waals surface area contributed by atoms with E-state index < -0.39 is 11.8 Å². The zero-order valence-corrected chi connectivity index (χ0v) is 22.3. The van der Waals surface area contributed by atoms with Crippen molar-refractivity contribution in [3.63, 3.8) is 0 Å². The first kappa shape index (κ1) is 24.9. The van der Waals surface area contributed by atoms with Crippen LogP contribution < -0.4 is 4.90 Å². The van der Waals surface area contributed by atoms with Crippen LogP contribution in [0.25, 0.3) is 5.69 Å². The zero-order valence-electron chi connectivity index (χ0n) is 21.6. The Morgan fingerprint density at radius 1 is 1.15 bits per heavy atom. The molecule has 39 heavy (non-hydrogen) atoms.